The molecule has 0 atom stereocenters. The Bertz CT molecular complexity index is 644. The third-order valence-corrected chi connectivity index (χ3v) is 3.95. The van der Waals surface area contributed by atoms with Crippen LogP contribution in [0.25, 0.3) is 11.6 Å². The molecule has 2 aromatic rings. The average Bonchev–Trinajstić information content (AvgIpc) is 3.10. The van der Waals surface area contributed by atoms with E-state index in [1.54, 1.807) is 12.4 Å². The molecule has 0 aromatic carbocycles. The minimum atomic E-state index is -0.786. The number of rotatable bonds is 4. The number of nitrogens with zero attached hydrogens (tertiary/aromatic N) is 4. The number of carbonyl (C=O) groups is 1. The molecule has 1 aliphatic carbocycles. The molecule has 1 N–H and O–H groups in total. The number of carboxylic acids is 1. The smallest absolute Gasteiger partial charge is 0.310 e. The Hall–Kier alpha value is -2.31. The average molecular weight is 288 g/mol. The number of aliphatic carboxylic acids is 1. The first-order valence-corrected chi connectivity index (χ1v) is 6.94. The van der Waals surface area contributed by atoms with E-state index in [-0.39, 0.29) is 6.42 Å². The maximum atomic E-state index is 11.5. The number of aromatic nitrogens is 4. The van der Waals surface area contributed by atoms with E-state index >= 15 is 0 Å². The highest BCUT2D eigenvalue weighted by atomic mass is 16.5. The Kier molecular flexibility index (Phi) is 3.40. The summed E-state index contributed by atoms with van der Waals surface area (Å²) < 4.78 is 5.18. The molecule has 21 heavy (non-hydrogen) atoms. The molecule has 3 rings (SSSR count). The van der Waals surface area contributed by atoms with Crippen LogP contribution in [-0.4, -0.2) is 31.2 Å². The normalized spacial score (nSPS) is 17.0. The van der Waals surface area contributed by atoms with Gasteiger partial charge >= 0.3 is 5.97 Å². The van der Waals surface area contributed by atoms with Crippen LogP contribution in [0.1, 0.15) is 37.1 Å². The van der Waals surface area contributed by atoms with Crippen LogP contribution in [0, 0.1) is 12.3 Å². The summed E-state index contributed by atoms with van der Waals surface area (Å²) in [6.45, 7) is 1.89. The van der Waals surface area contributed by atoms with E-state index in [9.17, 15) is 9.90 Å². The van der Waals surface area contributed by atoms with Crippen LogP contribution in [0.4, 0.5) is 0 Å². The van der Waals surface area contributed by atoms with E-state index in [1.165, 1.54) is 0 Å². The van der Waals surface area contributed by atoms with Gasteiger partial charge in [-0.3, -0.25) is 4.79 Å². The van der Waals surface area contributed by atoms with Gasteiger partial charge in [-0.05, 0) is 25.3 Å². The lowest BCUT2D eigenvalue weighted by atomic mass is 9.83. The SMILES string of the molecule is Cc1cnc(-c2noc(CC3(C(=O)O)CCCC3)n2)nc1. The quantitative estimate of drug-likeness (QED) is 0.918. The van der Waals surface area contributed by atoms with E-state index in [4.69, 9.17) is 4.52 Å². The van der Waals surface area contributed by atoms with Crippen molar-refractivity contribution in [3.05, 3.63) is 23.8 Å². The molecule has 1 saturated carbocycles. The largest absolute Gasteiger partial charge is 0.481 e. The topological polar surface area (TPSA) is 102 Å². The summed E-state index contributed by atoms with van der Waals surface area (Å²) in [6, 6.07) is 0. The summed E-state index contributed by atoms with van der Waals surface area (Å²) in [5.74, 6) is 0.222. The zero-order valence-electron chi connectivity index (χ0n) is 11.7. The van der Waals surface area contributed by atoms with Gasteiger partial charge in [0.1, 0.15) is 0 Å². The first-order chi connectivity index (χ1) is 10.1. The number of hydrogen-bond donors (Lipinski definition) is 1. The van der Waals surface area contributed by atoms with Crippen molar-refractivity contribution >= 4 is 5.97 Å². The molecule has 2 heterocycles. The molecule has 0 aliphatic heterocycles. The molecule has 0 bridgehead atoms. The van der Waals surface area contributed by atoms with Crippen LogP contribution in [0.3, 0.4) is 0 Å². The van der Waals surface area contributed by atoms with Crippen LogP contribution >= 0.6 is 0 Å². The summed E-state index contributed by atoms with van der Waals surface area (Å²) in [6.07, 6.45) is 6.77. The van der Waals surface area contributed by atoms with Crippen LogP contribution in [0.5, 0.6) is 0 Å². The summed E-state index contributed by atoms with van der Waals surface area (Å²) in [5, 5.41) is 13.3. The minimum Gasteiger partial charge on any atom is -0.481 e. The van der Waals surface area contributed by atoms with Gasteiger partial charge in [0.25, 0.3) is 0 Å². The van der Waals surface area contributed by atoms with Crippen molar-refractivity contribution in [1.29, 1.82) is 0 Å². The van der Waals surface area contributed by atoms with Crippen LogP contribution in [0.15, 0.2) is 16.9 Å². The molecule has 1 fully saturated rings. The van der Waals surface area contributed by atoms with Crippen LogP contribution in [-0.2, 0) is 11.2 Å². The minimum absolute atomic E-state index is 0.265. The van der Waals surface area contributed by atoms with E-state index < -0.39 is 11.4 Å². The van der Waals surface area contributed by atoms with E-state index in [2.05, 4.69) is 20.1 Å². The van der Waals surface area contributed by atoms with E-state index in [0.29, 0.717) is 30.4 Å². The first kappa shape index (κ1) is 13.7. The molecule has 2 aromatic heterocycles. The van der Waals surface area contributed by atoms with E-state index in [1.807, 2.05) is 6.92 Å². The van der Waals surface area contributed by atoms with Gasteiger partial charge < -0.3 is 9.63 Å². The van der Waals surface area contributed by atoms with Crippen molar-refractivity contribution < 1.29 is 14.4 Å². The number of hydrogen-bond acceptors (Lipinski definition) is 6. The third kappa shape index (κ3) is 2.63. The molecular formula is C14H16N4O3. The molecular weight excluding hydrogens is 272 g/mol. The molecule has 0 radical (unpaired) electrons. The summed E-state index contributed by atoms with van der Waals surface area (Å²) in [5.41, 5.74) is 0.177. The van der Waals surface area contributed by atoms with Gasteiger partial charge in [-0.15, -0.1) is 0 Å². The second kappa shape index (κ2) is 5.23. The Labute approximate surface area is 121 Å². The zero-order chi connectivity index (χ0) is 14.9. The highest BCUT2D eigenvalue weighted by Gasteiger charge is 2.42. The second-order valence-electron chi connectivity index (χ2n) is 5.57. The Morgan fingerprint density at radius 2 is 1.95 bits per heavy atom. The van der Waals surface area contributed by atoms with Crippen molar-refractivity contribution in [2.45, 2.75) is 39.0 Å². The third-order valence-electron chi connectivity index (χ3n) is 3.95. The van der Waals surface area contributed by atoms with E-state index in [0.717, 1.165) is 18.4 Å². The van der Waals surface area contributed by atoms with Crippen LogP contribution in [0.2, 0.25) is 0 Å². The first-order valence-electron chi connectivity index (χ1n) is 6.94. The maximum Gasteiger partial charge on any atom is 0.310 e. The molecule has 1 aliphatic rings. The summed E-state index contributed by atoms with van der Waals surface area (Å²) >= 11 is 0. The number of aryl methyl sites for hydroxylation is 1. The Balaban J connectivity index is 1.82. The van der Waals surface area contributed by atoms with Crippen molar-refractivity contribution in [2.24, 2.45) is 5.41 Å². The van der Waals surface area contributed by atoms with Gasteiger partial charge in [0.2, 0.25) is 17.5 Å². The summed E-state index contributed by atoms with van der Waals surface area (Å²) in [7, 11) is 0. The lowest BCUT2D eigenvalue weighted by Crippen LogP contribution is -2.30. The fraction of sp³-hybridized carbons (Fsp3) is 0.500. The monoisotopic (exact) mass is 288 g/mol. The Morgan fingerprint density at radius 3 is 2.57 bits per heavy atom. The van der Waals surface area contributed by atoms with Crippen molar-refractivity contribution in [3.63, 3.8) is 0 Å². The second-order valence-corrected chi connectivity index (χ2v) is 5.57. The predicted molar refractivity (Wildman–Crippen MR) is 72.3 cm³/mol. The predicted octanol–water partition coefficient (Wildman–Crippen LogP) is 2.02. The van der Waals surface area contributed by atoms with Crippen molar-refractivity contribution in [3.8, 4) is 11.6 Å². The maximum absolute atomic E-state index is 11.5. The van der Waals surface area contributed by atoms with Crippen molar-refractivity contribution in [2.75, 3.05) is 0 Å². The van der Waals surface area contributed by atoms with Gasteiger partial charge in [-0.2, -0.15) is 4.98 Å². The van der Waals surface area contributed by atoms with Gasteiger partial charge in [0.15, 0.2) is 0 Å². The van der Waals surface area contributed by atoms with Gasteiger partial charge in [-0.1, -0.05) is 18.0 Å². The number of carboxylic acid groups (broad SMARTS) is 1. The molecule has 0 unspecified atom stereocenters. The summed E-state index contributed by atoms with van der Waals surface area (Å²) in [4.78, 5) is 24.0. The van der Waals surface area contributed by atoms with Crippen molar-refractivity contribution in [1.82, 2.24) is 20.1 Å². The fourth-order valence-electron chi connectivity index (χ4n) is 2.73. The standard InChI is InChI=1S/C14H16N4O3/c1-9-7-15-11(16-8-9)12-17-10(21-18-12)6-14(13(19)20)4-2-3-5-14/h7-8H,2-6H2,1H3,(H,19,20). The molecule has 7 nitrogen and oxygen atoms in total. The molecule has 0 saturated heterocycles. The lowest BCUT2D eigenvalue weighted by Gasteiger charge is -2.21. The highest BCUT2D eigenvalue weighted by Crippen LogP contribution is 2.41. The molecule has 0 amide bonds. The lowest BCUT2D eigenvalue weighted by molar-refractivity contribution is -0.148. The highest BCUT2D eigenvalue weighted by molar-refractivity contribution is 5.75. The molecule has 110 valence electrons. The zero-order valence-corrected chi connectivity index (χ0v) is 11.7. The Morgan fingerprint density at radius 1 is 1.29 bits per heavy atom. The van der Waals surface area contributed by atoms with Crippen LogP contribution < -0.4 is 0 Å². The van der Waals surface area contributed by atoms with Gasteiger partial charge in [0, 0.05) is 18.8 Å². The van der Waals surface area contributed by atoms with Gasteiger partial charge in [0.05, 0.1) is 5.41 Å². The fourth-order valence-corrected chi connectivity index (χ4v) is 2.73. The molecule has 0 spiro atoms. The molecule has 7 heteroatoms. The van der Waals surface area contributed by atoms with Gasteiger partial charge in [-0.25, -0.2) is 9.97 Å².